The van der Waals surface area contributed by atoms with Gasteiger partial charge in [0.05, 0.1) is 12.1 Å². The van der Waals surface area contributed by atoms with Crippen LogP contribution in [0, 0.1) is 35.5 Å². The van der Waals surface area contributed by atoms with Crippen LogP contribution in [-0.2, 0) is 0 Å². The van der Waals surface area contributed by atoms with E-state index >= 15 is 0 Å². The molecule has 2 heteroatoms. The lowest BCUT2D eigenvalue weighted by molar-refractivity contribution is 0.115. The van der Waals surface area contributed by atoms with Gasteiger partial charge in [0.25, 0.3) is 0 Å². The van der Waals surface area contributed by atoms with Gasteiger partial charge in [-0.25, -0.2) is 0 Å². The molecular weight excluding hydrogens is 196 g/mol. The quantitative estimate of drug-likeness (QED) is 0.548. The Labute approximate surface area is 95.6 Å². The fourth-order valence-corrected chi connectivity index (χ4v) is 5.28. The Morgan fingerprint density at radius 1 is 0.938 bits per heavy atom. The molecule has 2 nitrogen and oxygen atoms in total. The molecule has 0 unspecified atom stereocenters. The fraction of sp³-hybridized carbons (Fsp3) is 0.714. The van der Waals surface area contributed by atoms with E-state index in [0.29, 0.717) is 18.0 Å². The largest absolute Gasteiger partial charge is 0.293 e. The van der Waals surface area contributed by atoms with E-state index in [1.807, 2.05) is 0 Å². The van der Waals surface area contributed by atoms with Crippen molar-refractivity contribution in [3.8, 4) is 0 Å². The molecule has 3 aliphatic carbocycles. The Bertz CT molecular complexity index is 436. The maximum absolute atomic E-state index is 4.86. The number of fused-ring (bicyclic) bond motifs is 3. The van der Waals surface area contributed by atoms with E-state index in [4.69, 9.17) is 9.98 Å². The van der Waals surface area contributed by atoms with Crippen LogP contribution in [0.3, 0.4) is 0 Å². The van der Waals surface area contributed by atoms with E-state index in [0.717, 1.165) is 29.6 Å². The van der Waals surface area contributed by atoms with Crippen molar-refractivity contribution in [1.82, 2.24) is 0 Å². The smallest absolute Gasteiger partial charge is 0.0599 e. The van der Waals surface area contributed by atoms with E-state index in [2.05, 4.69) is 24.6 Å². The molecule has 0 aromatic heterocycles. The maximum Gasteiger partial charge on any atom is 0.0599 e. The summed E-state index contributed by atoms with van der Waals surface area (Å²) in [7, 11) is 0. The summed E-state index contributed by atoms with van der Waals surface area (Å²) in [6.07, 6.45) is 12.0. The molecule has 2 aliphatic heterocycles. The van der Waals surface area contributed by atoms with Gasteiger partial charge in [0, 0.05) is 18.3 Å². The fourth-order valence-electron chi connectivity index (χ4n) is 5.28. The van der Waals surface area contributed by atoms with Crippen LogP contribution in [0.1, 0.15) is 12.8 Å². The summed E-state index contributed by atoms with van der Waals surface area (Å²) < 4.78 is 0. The van der Waals surface area contributed by atoms with Crippen molar-refractivity contribution in [3.05, 3.63) is 12.2 Å². The van der Waals surface area contributed by atoms with Crippen LogP contribution in [0.2, 0.25) is 0 Å². The highest BCUT2D eigenvalue weighted by Crippen LogP contribution is 2.59. The van der Waals surface area contributed by atoms with Gasteiger partial charge in [-0.1, -0.05) is 12.2 Å². The molecule has 0 spiro atoms. The molecule has 0 bridgehead atoms. The molecule has 0 aromatic carbocycles. The summed E-state index contributed by atoms with van der Waals surface area (Å²) in [5, 5.41) is 0. The van der Waals surface area contributed by atoms with Crippen molar-refractivity contribution < 1.29 is 0 Å². The molecule has 0 saturated heterocycles. The summed E-state index contributed by atoms with van der Waals surface area (Å²) in [5.41, 5.74) is 0. The highest BCUT2D eigenvalue weighted by atomic mass is 15.0. The average Bonchev–Trinajstić information content (AvgIpc) is 2.93. The van der Waals surface area contributed by atoms with Gasteiger partial charge in [-0.3, -0.25) is 9.98 Å². The first kappa shape index (κ1) is 8.21. The van der Waals surface area contributed by atoms with Gasteiger partial charge in [0.1, 0.15) is 0 Å². The van der Waals surface area contributed by atoms with Crippen molar-refractivity contribution in [2.24, 2.45) is 45.5 Å². The minimum Gasteiger partial charge on any atom is -0.293 e. The van der Waals surface area contributed by atoms with E-state index < -0.39 is 0 Å². The molecule has 2 saturated carbocycles. The van der Waals surface area contributed by atoms with Crippen molar-refractivity contribution in [2.45, 2.75) is 24.9 Å². The maximum atomic E-state index is 4.86. The first-order chi connectivity index (χ1) is 7.93. The Hall–Kier alpha value is -0.920. The minimum absolute atomic E-state index is 0.613. The van der Waals surface area contributed by atoms with Crippen molar-refractivity contribution in [3.63, 3.8) is 0 Å². The molecule has 5 rings (SSSR count). The predicted molar refractivity (Wildman–Crippen MR) is 63.9 cm³/mol. The molecule has 2 fully saturated rings. The first-order valence-corrected chi connectivity index (χ1v) is 6.67. The van der Waals surface area contributed by atoms with Gasteiger partial charge < -0.3 is 0 Å². The second-order valence-corrected chi connectivity index (χ2v) is 6.20. The third-order valence-corrected chi connectivity index (χ3v) is 5.76. The van der Waals surface area contributed by atoms with E-state index in [1.54, 1.807) is 0 Å². The number of rotatable bonds is 0. The molecule has 0 amide bonds. The van der Waals surface area contributed by atoms with Gasteiger partial charge in [-0.05, 0) is 42.4 Å². The van der Waals surface area contributed by atoms with Gasteiger partial charge >= 0.3 is 0 Å². The van der Waals surface area contributed by atoms with Crippen LogP contribution >= 0.6 is 0 Å². The second kappa shape index (κ2) is 2.49. The van der Waals surface area contributed by atoms with E-state index in [1.165, 1.54) is 12.8 Å². The van der Waals surface area contributed by atoms with Crippen molar-refractivity contribution >= 4 is 12.4 Å². The lowest BCUT2D eigenvalue weighted by Crippen LogP contribution is -2.46. The molecule has 8 atom stereocenters. The predicted octanol–water partition coefficient (Wildman–Crippen LogP) is 1.97. The monoisotopic (exact) mass is 212 g/mol. The average molecular weight is 212 g/mol. The number of allylic oxidation sites excluding steroid dienone is 1. The van der Waals surface area contributed by atoms with Crippen LogP contribution in [0.15, 0.2) is 22.1 Å². The molecule has 0 aromatic rings. The standard InChI is InChI=1S/C14H16N2/c1-2-9-10(3-1)14-12-8(6-16-14)4-7-5-15-13(9)11(7)12/h1-2,5-14H,3-4H2/t7-,8+,9-,10+,11+,12-,13-,14+/m1/s1. The molecule has 0 radical (unpaired) electrons. The molecule has 82 valence electrons. The van der Waals surface area contributed by atoms with Gasteiger partial charge in [-0.15, -0.1) is 0 Å². The van der Waals surface area contributed by atoms with Gasteiger partial charge in [0.15, 0.2) is 0 Å². The molecule has 0 N–H and O–H groups in total. The van der Waals surface area contributed by atoms with Crippen molar-refractivity contribution in [2.75, 3.05) is 0 Å². The number of aliphatic imine (C=N–C) groups is 2. The Balaban J connectivity index is 1.69. The van der Waals surface area contributed by atoms with Crippen LogP contribution in [0.5, 0.6) is 0 Å². The highest BCUT2D eigenvalue weighted by Gasteiger charge is 2.61. The highest BCUT2D eigenvalue weighted by molar-refractivity contribution is 5.72. The van der Waals surface area contributed by atoms with E-state index in [-0.39, 0.29) is 0 Å². The lowest BCUT2D eigenvalue weighted by Gasteiger charge is -2.42. The Morgan fingerprint density at radius 3 is 2.56 bits per heavy atom. The summed E-state index contributed by atoms with van der Waals surface area (Å²) in [6.45, 7) is 0. The van der Waals surface area contributed by atoms with Crippen LogP contribution in [0.25, 0.3) is 0 Å². The minimum atomic E-state index is 0.613. The second-order valence-electron chi connectivity index (χ2n) is 6.20. The van der Waals surface area contributed by atoms with Gasteiger partial charge in [-0.2, -0.15) is 0 Å². The number of hydrogen-bond acceptors (Lipinski definition) is 2. The zero-order valence-corrected chi connectivity index (χ0v) is 9.24. The van der Waals surface area contributed by atoms with Crippen LogP contribution in [0.4, 0.5) is 0 Å². The third-order valence-electron chi connectivity index (χ3n) is 5.76. The van der Waals surface area contributed by atoms with E-state index in [9.17, 15) is 0 Å². The topological polar surface area (TPSA) is 24.7 Å². The molecule has 16 heavy (non-hydrogen) atoms. The SMILES string of the molecule is C1=C[C@@H]2[C@H](C1)[C@@H]1N=C[C@@H]3C[C@@H]4C=N[C@H]2[C@@H]4[C@H]13. The Kier molecular flexibility index (Phi) is 1.28. The zero-order chi connectivity index (χ0) is 10.3. The summed E-state index contributed by atoms with van der Waals surface area (Å²) in [4.78, 5) is 9.71. The molecule has 2 heterocycles. The van der Waals surface area contributed by atoms with Crippen molar-refractivity contribution in [1.29, 1.82) is 0 Å². The lowest BCUT2D eigenvalue weighted by atomic mass is 9.64. The first-order valence-electron chi connectivity index (χ1n) is 6.67. The Morgan fingerprint density at radius 2 is 1.69 bits per heavy atom. The van der Waals surface area contributed by atoms with Crippen LogP contribution in [-0.4, -0.2) is 24.5 Å². The third kappa shape index (κ3) is 0.732. The summed E-state index contributed by atoms with van der Waals surface area (Å²) in [6, 6.07) is 1.25. The molecule has 5 aliphatic rings. The number of hydrogen-bond donors (Lipinski definition) is 0. The summed E-state index contributed by atoms with van der Waals surface area (Å²) >= 11 is 0. The summed E-state index contributed by atoms with van der Waals surface area (Å²) in [5.74, 6) is 4.74. The normalized spacial score (nSPS) is 63.0. The molecular formula is C14H16N2. The van der Waals surface area contributed by atoms with Gasteiger partial charge in [0.2, 0.25) is 0 Å². The number of nitrogens with zero attached hydrogens (tertiary/aromatic N) is 2. The zero-order valence-electron chi connectivity index (χ0n) is 9.24. The van der Waals surface area contributed by atoms with Crippen LogP contribution < -0.4 is 0 Å².